The monoisotopic (exact) mass is 470 g/mol. The molecule has 34 heavy (non-hydrogen) atoms. The molecule has 4 rings (SSSR count). The first-order chi connectivity index (χ1) is 16.2. The SMILES string of the molecule is COC(=O)c1cccc2c1ccn2-c1ncccc1NC(=O)Nc1ccc(OC(F)(F)F)cc1. The molecule has 2 N–H and O–H groups in total. The van der Waals surface area contributed by atoms with Gasteiger partial charge in [-0.25, -0.2) is 14.6 Å². The third-order valence-electron chi connectivity index (χ3n) is 4.75. The first kappa shape index (κ1) is 22.6. The van der Waals surface area contributed by atoms with Crippen molar-refractivity contribution in [2.24, 2.45) is 0 Å². The second kappa shape index (κ2) is 9.14. The molecule has 0 saturated heterocycles. The quantitative estimate of drug-likeness (QED) is 0.383. The first-order valence-corrected chi connectivity index (χ1v) is 9.83. The molecule has 0 saturated carbocycles. The summed E-state index contributed by atoms with van der Waals surface area (Å²) in [5.74, 6) is -0.490. The van der Waals surface area contributed by atoms with Crippen LogP contribution in [-0.4, -0.2) is 35.0 Å². The van der Waals surface area contributed by atoms with Crippen LogP contribution in [0.2, 0.25) is 0 Å². The largest absolute Gasteiger partial charge is 0.573 e. The topological polar surface area (TPSA) is 94.5 Å². The number of carbonyl (C=O) groups is 2. The number of hydrogen-bond donors (Lipinski definition) is 2. The van der Waals surface area contributed by atoms with Gasteiger partial charge >= 0.3 is 18.4 Å². The van der Waals surface area contributed by atoms with Crippen LogP contribution in [0, 0.1) is 0 Å². The minimum Gasteiger partial charge on any atom is -0.465 e. The number of amides is 2. The van der Waals surface area contributed by atoms with Crippen LogP contribution in [0.15, 0.2) is 73.1 Å². The Balaban J connectivity index is 1.56. The maximum Gasteiger partial charge on any atom is 0.573 e. The van der Waals surface area contributed by atoms with Crippen molar-refractivity contribution in [2.75, 3.05) is 17.7 Å². The number of anilines is 2. The number of aromatic nitrogens is 2. The summed E-state index contributed by atoms with van der Waals surface area (Å²) in [6.07, 6.45) is -1.54. The van der Waals surface area contributed by atoms with Gasteiger partial charge in [0.2, 0.25) is 0 Å². The van der Waals surface area contributed by atoms with Crippen LogP contribution >= 0.6 is 0 Å². The Morgan fingerprint density at radius 1 is 0.971 bits per heavy atom. The van der Waals surface area contributed by atoms with E-state index in [2.05, 4.69) is 20.4 Å². The van der Waals surface area contributed by atoms with E-state index in [4.69, 9.17) is 4.74 Å². The number of nitrogens with zero attached hydrogens (tertiary/aromatic N) is 2. The molecule has 174 valence electrons. The van der Waals surface area contributed by atoms with Crippen LogP contribution in [-0.2, 0) is 4.74 Å². The lowest BCUT2D eigenvalue weighted by molar-refractivity contribution is -0.274. The number of methoxy groups -OCH3 is 1. The van der Waals surface area contributed by atoms with E-state index in [1.54, 1.807) is 53.4 Å². The zero-order valence-corrected chi connectivity index (χ0v) is 17.6. The highest BCUT2D eigenvalue weighted by atomic mass is 19.4. The molecule has 0 bridgehead atoms. The fourth-order valence-electron chi connectivity index (χ4n) is 3.35. The number of fused-ring (bicyclic) bond motifs is 1. The number of rotatable bonds is 5. The summed E-state index contributed by atoms with van der Waals surface area (Å²) >= 11 is 0. The summed E-state index contributed by atoms with van der Waals surface area (Å²) in [6.45, 7) is 0. The van der Waals surface area contributed by atoms with E-state index >= 15 is 0 Å². The van der Waals surface area contributed by atoms with Crippen molar-refractivity contribution >= 4 is 34.3 Å². The number of hydrogen-bond acceptors (Lipinski definition) is 5. The second-order valence-corrected chi connectivity index (χ2v) is 6.94. The summed E-state index contributed by atoms with van der Waals surface area (Å²) in [7, 11) is 1.30. The molecule has 0 unspecified atom stereocenters. The number of alkyl halides is 3. The molecule has 2 heterocycles. The molecule has 0 fully saturated rings. The number of halogens is 3. The van der Waals surface area contributed by atoms with Crippen molar-refractivity contribution in [3.05, 3.63) is 78.6 Å². The standard InChI is InChI=1S/C23H17F3N4O4/c1-33-21(31)17-4-2-6-19-16(17)11-13-30(19)20-18(5-3-12-27-20)29-22(32)28-14-7-9-15(10-8-14)34-23(24,25)26/h2-13H,1H3,(H2,28,29,32). The summed E-state index contributed by atoms with van der Waals surface area (Å²) in [5.41, 5.74) is 1.68. The van der Waals surface area contributed by atoms with Crippen LogP contribution in [0.25, 0.3) is 16.7 Å². The van der Waals surface area contributed by atoms with Gasteiger partial charge in [0, 0.05) is 23.5 Å². The molecule has 4 aromatic rings. The number of benzene rings is 2. The lowest BCUT2D eigenvalue weighted by atomic mass is 10.1. The van der Waals surface area contributed by atoms with Crippen molar-refractivity contribution in [3.8, 4) is 11.6 Å². The number of esters is 1. The molecule has 0 spiro atoms. The number of nitrogens with one attached hydrogen (secondary N) is 2. The van der Waals surface area contributed by atoms with Crippen LogP contribution in [0.3, 0.4) is 0 Å². The smallest absolute Gasteiger partial charge is 0.465 e. The molecular formula is C23H17F3N4O4. The summed E-state index contributed by atoms with van der Waals surface area (Å²) in [5, 5.41) is 5.86. The Morgan fingerprint density at radius 3 is 2.44 bits per heavy atom. The van der Waals surface area contributed by atoms with Gasteiger partial charge in [-0.2, -0.15) is 0 Å². The van der Waals surface area contributed by atoms with E-state index in [9.17, 15) is 22.8 Å². The highest BCUT2D eigenvalue weighted by Gasteiger charge is 2.31. The molecular weight excluding hydrogens is 453 g/mol. The van der Waals surface area contributed by atoms with Crippen LogP contribution in [0.5, 0.6) is 5.75 Å². The molecule has 2 aromatic heterocycles. The molecule has 0 aliphatic heterocycles. The zero-order chi connectivity index (χ0) is 24.3. The van der Waals surface area contributed by atoms with Gasteiger partial charge in [-0.15, -0.1) is 13.2 Å². The predicted molar refractivity (Wildman–Crippen MR) is 118 cm³/mol. The maximum atomic E-state index is 12.5. The summed E-state index contributed by atoms with van der Waals surface area (Å²) < 4.78 is 47.2. The fourth-order valence-corrected chi connectivity index (χ4v) is 3.35. The van der Waals surface area contributed by atoms with Crippen LogP contribution in [0.1, 0.15) is 10.4 Å². The third kappa shape index (κ3) is 4.93. The number of urea groups is 1. The average molecular weight is 470 g/mol. The van der Waals surface area contributed by atoms with Crippen molar-refractivity contribution in [1.29, 1.82) is 0 Å². The van der Waals surface area contributed by atoms with E-state index < -0.39 is 24.1 Å². The van der Waals surface area contributed by atoms with Gasteiger partial charge in [-0.1, -0.05) is 6.07 Å². The van der Waals surface area contributed by atoms with E-state index in [1.807, 2.05) is 0 Å². The molecule has 11 heteroatoms. The van der Waals surface area contributed by atoms with Crippen molar-refractivity contribution in [1.82, 2.24) is 9.55 Å². The Morgan fingerprint density at radius 2 is 1.74 bits per heavy atom. The van der Waals surface area contributed by atoms with Crippen LogP contribution in [0.4, 0.5) is 29.3 Å². The highest BCUT2D eigenvalue weighted by Crippen LogP contribution is 2.27. The molecule has 0 aliphatic carbocycles. The average Bonchev–Trinajstić information content (AvgIpc) is 3.23. The second-order valence-electron chi connectivity index (χ2n) is 6.94. The lowest BCUT2D eigenvalue weighted by Crippen LogP contribution is -2.21. The van der Waals surface area contributed by atoms with Gasteiger partial charge in [0.25, 0.3) is 0 Å². The van der Waals surface area contributed by atoms with Crippen molar-refractivity contribution < 1.29 is 32.2 Å². The van der Waals surface area contributed by atoms with E-state index in [0.717, 1.165) is 12.1 Å². The molecule has 0 aliphatic rings. The first-order valence-electron chi connectivity index (χ1n) is 9.83. The number of pyridine rings is 1. The molecule has 8 nitrogen and oxygen atoms in total. The van der Waals surface area contributed by atoms with Crippen LogP contribution < -0.4 is 15.4 Å². The van der Waals surface area contributed by atoms with Gasteiger partial charge < -0.3 is 20.1 Å². The minimum atomic E-state index is -4.80. The fraction of sp³-hybridized carbons (Fsp3) is 0.0870. The zero-order valence-electron chi connectivity index (χ0n) is 17.6. The Labute approximate surface area is 190 Å². The summed E-state index contributed by atoms with van der Waals surface area (Å²) in [4.78, 5) is 29.0. The highest BCUT2D eigenvalue weighted by molar-refractivity contribution is 6.05. The Kier molecular flexibility index (Phi) is 6.09. The number of ether oxygens (including phenoxy) is 2. The third-order valence-corrected chi connectivity index (χ3v) is 4.75. The van der Waals surface area contributed by atoms with Gasteiger partial charge in [0.1, 0.15) is 5.75 Å². The normalized spacial score (nSPS) is 11.2. The Hall–Kier alpha value is -4.54. The van der Waals surface area contributed by atoms with Gasteiger partial charge in [-0.05, 0) is 54.6 Å². The molecule has 2 aromatic carbocycles. The van der Waals surface area contributed by atoms with E-state index in [1.165, 1.54) is 19.2 Å². The van der Waals surface area contributed by atoms with Crippen molar-refractivity contribution in [2.45, 2.75) is 6.36 Å². The minimum absolute atomic E-state index is 0.256. The van der Waals surface area contributed by atoms with E-state index in [-0.39, 0.29) is 5.69 Å². The maximum absolute atomic E-state index is 12.5. The molecule has 0 radical (unpaired) electrons. The molecule has 2 amide bonds. The van der Waals surface area contributed by atoms with Gasteiger partial charge in [-0.3, -0.25) is 4.57 Å². The Bertz CT molecular complexity index is 1350. The number of carbonyl (C=O) groups excluding carboxylic acids is 2. The lowest BCUT2D eigenvalue weighted by Gasteiger charge is -2.13. The van der Waals surface area contributed by atoms with Gasteiger partial charge in [0.15, 0.2) is 5.82 Å². The predicted octanol–water partition coefficient (Wildman–Crippen LogP) is 5.35. The summed E-state index contributed by atoms with van der Waals surface area (Å²) in [6, 6.07) is 14.3. The molecule has 0 atom stereocenters. The van der Waals surface area contributed by atoms with Gasteiger partial charge in [0.05, 0.1) is 23.9 Å². The van der Waals surface area contributed by atoms with Crippen molar-refractivity contribution in [3.63, 3.8) is 0 Å². The van der Waals surface area contributed by atoms with E-state index in [0.29, 0.717) is 28.0 Å².